The van der Waals surface area contributed by atoms with E-state index < -0.39 is 28.8 Å². The van der Waals surface area contributed by atoms with Crippen LogP contribution in [0.1, 0.15) is 97.6 Å². The average molecular weight is 883 g/mol. The molecule has 11 rings (SSSR count). The van der Waals surface area contributed by atoms with Gasteiger partial charge in [0, 0.05) is 49.1 Å². The Bertz CT molecular complexity index is 3380. The first-order valence-corrected chi connectivity index (χ1v) is 22.0. The molecule has 3 aliphatic rings. The second kappa shape index (κ2) is 14.3. The maximum atomic E-state index is 16.1. The number of rotatable bonds is 7. The zero-order valence-electron chi connectivity index (χ0n) is 37.1. The molecule has 0 spiro atoms. The molecule has 1 N–H and O–H groups in total. The monoisotopic (exact) mass is 882 g/mol. The molecule has 8 aromatic rings. The minimum Gasteiger partial charge on any atom is -0.376 e. The first-order chi connectivity index (χ1) is 31.1. The van der Waals surface area contributed by atoms with Gasteiger partial charge in [-0.1, -0.05) is 18.1 Å². The summed E-state index contributed by atoms with van der Waals surface area (Å²) in [5, 5.41) is 14.6. The molecule has 15 nitrogen and oxygen atoms in total. The molecular formula is C48H48F2N10O5. The normalized spacial score (nSPS) is 21.7. The molecule has 334 valence electrons. The lowest BCUT2D eigenvalue weighted by molar-refractivity contribution is -0.0592. The Kier molecular flexibility index (Phi) is 9.00. The predicted molar refractivity (Wildman–Crippen MR) is 238 cm³/mol. The van der Waals surface area contributed by atoms with Crippen molar-refractivity contribution in [2.45, 2.75) is 90.4 Å². The van der Waals surface area contributed by atoms with E-state index >= 15 is 13.6 Å². The van der Waals surface area contributed by atoms with Crippen molar-refractivity contribution < 1.29 is 22.8 Å². The zero-order chi connectivity index (χ0) is 45.4. The lowest BCUT2D eigenvalue weighted by atomic mass is 9.83. The van der Waals surface area contributed by atoms with Crippen molar-refractivity contribution in [2.24, 2.45) is 13.0 Å². The second-order valence-electron chi connectivity index (χ2n) is 18.8. The molecule has 1 amide bonds. The lowest BCUT2D eigenvalue weighted by Crippen LogP contribution is -2.43. The standard InChI is InChI=1S/C48H48F2N10O5/c1-25-18-32(19-26(2)38(25)49)40-42(58-14-13-57(46(58)63)36-11-10-35-33(39(36)50)24-51-55(35)7)41-28(4)56(15-16-59(41)53-40)43(61)37-21-31-20-29(30-12-17-64-47(5,6)23-30)8-9-34(31)60(37)48(22-27(48)3)44-52-45(62)65-54-44/h8-11,13-14,18-21,24,27-28,30H,12,15-17,22-23H2,1-7H3,(H,52,54,62)/t27-,28?,30?,48-/m0/s1. The Hall–Kier alpha value is -6.88. The number of fused-ring (bicyclic) bond motifs is 3. The third-order valence-corrected chi connectivity index (χ3v) is 14.2. The number of hydrogen-bond acceptors (Lipinski definition) is 8. The summed E-state index contributed by atoms with van der Waals surface area (Å²) < 4.78 is 50.4. The van der Waals surface area contributed by atoms with E-state index in [0.29, 0.717) is 63.8 Å². The number of aromatic nitrogens is 9. The van der Waals surface area contributed by atoms with E-state index in [1.54, 1.807) is 65.6 Å². The van der Waals surface area contributed by atoms with Crippen LogP contribution in [0.15, 0.2) is 81.2 Å². The van der Waals surface area contributed by atoms with Crippen molar-refractivity contribution in [1.82, 2.24) is 48.3 Å². The summed E-state index contributed by atoms with van der Waals surface area (Å²) in [6.07, 6.45) is 6.84. The minimum absolute atomic E-state index is 0.00187. The number of benzene rings is 3. The molecule has 4 atom stereocenters. The summed E-state index contributed by atoms with van der Waals surface area (Å²) in [4.78, 5) is 47.2. The molecule has 2 unspecified atom stereocenters. The van der Waals surface area contributed by atoms with Gasteiger partial charge in [0.2, 0.25) is 0 Å². The summed E-state index contributed by atoms with van der Waals surface area (Å²) in [6.45, 7) is 12.7. The number of nitrogens with one attached hydrogen (secondary N) is 1. The van der Waals surface area contributed by atoms with Gasteiger partial charge in [-0.2, -0.15) is 10.2 Å². The number of nitrogens with zero attached hydrogens (tertiary/aromatic N) is 9. The van der Waals surface area contributed by atoms with Crippen LogP contribution in [-0.2, 0) is 23.9 Å². The second-order valence-corrected chi connectivity index (χ2v) is 18.8. The van der Waals surface area contributed by atoms with Crippen LogP contribution in [0.2, 0.25) is 0 Å². The number of aromatic amines is 1. The molecule has 0 bridgehead atoms. The number of amides is 1. The average Bonchev–Trinajstić information content (AvgIpc) is 3.90. The molecule has 17 heteroatoms. The molecule has 1 saturated heterocycles. The summed E-state index contributed by atoms with van der Waals surface area (Å²) in [7, 11) is 1.72. The fourth-order valence-electron chi connectivity index (χ4n) is 10.8. The van der Waals surface area contributed by atoms with Gasteiger partial charge in [-0.25, -0.2) is 18.4 Å². The van der Waals surface area contributed by atoms with Gasteiger partial charge >= 0.3 is 11.4 Å². The van der Waals surface area contributed by atoms with Crippen molar-refractivity contribution in [2.75, 3.05) is 13.2 Å². The van der Waals surface area contributed by atoms with Crippen molar-refractivity contribution in [3.63, 3.8) is 0 Å². The van der Waals surface area contributed by atoms with E-state index in [-0.39, 0.29) is 53.3 Å². The molecule has 2 fully saturated rings. The van der Waals surface area contributed by atoms with Gasteiger partial charge in [0.1, 0.15) is 28.4 Å². The molecule has 1 saturated carbocycles. The Morgan fingerprint density at radius 3 is 2.37 bits per heavy atom. The highest BCUT2D eigenvalue weighted by Crippen LogP contribution is 2.56. The van der Waals surface area contributed by atoms with Gasteiger partial charge in [0.25, 0.3) is 5.91 Å². The highest BCUT2D eigenvalue weighted by Gasteiger charge is 2.59. The van der Waals surface area contributed by atoms with Gasteiger partial charge in [-0.3, -0.25) is 32.8 Å². The third-order valence-electron chi connectivity index (χ3n) is 14.2. The predicted octanol–water partition coefficient (Wildman–Crippen LogP) is 7.58. The van der Waals surface area contributed by atoms with Gasteiger partial charge in [0.05, 0.1) is 46.7 Å². The molecule has 65 heavy (non-hydrogen) atoms. The Balaban J connectivity index is 1.06. The van der Waals surface area contributed by atoms with E-state index in [2.05, 4.69) is 54.2 Å². The van der Waals surface area contributed by atoms with Crippen LogP contribution < -0.4 is 11.4 Å². The molecule has 1 aliphatic carbocycles. The maximum absolute atomic E-state index is 16.1. The highest BCUT2D eigenvalue weighted by atomic mass is 19.1. The number of H-pyrrole nitrogens is 1. The van der Waals surface area contributed by atoms with Crippen LogP contribution in [-0.4, -0.2) is 73.0 Å². The van der Waals surface area contributed by atoms with Crippen LogP contribution >= 0.6 is 0 Å². The van der Waals surface area contributed by atoms with Gasteiger partial charge in [-0.15, -0.1) is 0 Å². The lowest BCUT2D eigenvalue weighted by Gasteiger charge is -2.35. The van der Waals surface area contributed by atoms with Crippen LogP contribution in [0.5, 0.6) is 0 Å². The summed E-state index contributed by atoms with van der Waals surface area (Å²) in [5.74, 6) is -1.27. The first-order valence-electron chi connectivity index (χ1n) is 22.0. The molecule has 2 aliphatic heterocycles. The number of halogens is 2. The van der Waals surface area contributed by atoms with Gasteiger partial charge in [0.15, 0.2) is 11.6 Å². The molecule has 3 aromatic carbocycles. The molecule has 7 heterocycles. The van der Waals surface area contributed by atoms with Crippen LogP contribution in [0.3, 0.4) is 0 Å². The molecular weight excluding hydrogens is 835 g/mol. The fraction of sp³-hybridized carbons (Fsp3) is 0.375. The zero-order valence-corrected chi connectivity index (χ0v) is 37.1. The molecule has 5 aromatic heterocycles. The van der Waals surface area contributed by atoms with Crippen LogP contribution in [0.4, 0.5) is 8.78 Å². The highest BCUT2D eigenvalue weighted by molar-refractivity contribution is 6.00. The Labute approximate surface area is 370 Å². The topological polar surface area (TPSA) is 156 Å². The summed E-state index contributed by atoms with van der Waals surface area (Å²) in [6, 6.07) is 14.3. The SMILES string of the molecule is Cc1cc(-c2nn3c(c2-n2ccn(-c4ccc5c(cnn5C)c4F)c2=O)C(C)N(C(=O)c2cc4cc(C5CCOC(C)(C)C5)ccc4n2[C@@]2(c4noc(=O)[nH]4)C[C@@H]2C)CC3)cc(C)c1F. The smallest absolute Gasteiger partial charge is 0.376 e. The Morgan fingerprint density at radius 1 is 0.923 bits per heavy atom. The van der Waals surface area contributed by atoms with Crippen molar-refractivity contribution >= 4 is 27.7 Å². The van der Waals surface area contributed by atoms with Crippen LogP contribution in [0.25, 0.3) is 44.4 Å². The quantitative estimate of drug-likeness (QED) is 0.172. The number of aryl methyl sites for hydroxylation is 3. The number of ether oxygens (including phenoxy) is 1. The van der Waals surface area contributed by atoms with E-state index in [4.69, 9.17) is 14.4 Å². The van der Waals surface area contributed by atoms with E-state index in [0.717, 1.165) is 29.3 Å². The Morgan fingerprint density at radius 2 is 1.66 bits per heavy atom. The number of carbonyl (C=O) groups excluding carboxylic acids is 1. The fourth-order valence-corrected chi connectivity index (χ4v) is 10.8. The van der Waals surface area contributed by atoms with Crippen LogP contribution in [0, 0.1) is 31.4 Å². The number of carbonyl (C=O) groups is 1. The summed E-state index contributed by atoms with van der Waals surface area (Å²) in [5.41, 5.74) is 4.11. The first kappa shape index (κ1) is 40.9. The van der Waals surface area contributed by atoms with Crippen molar-refractivity contribution in [3.05, 3.63) is 134 Å². The largest absolute Gasteiger partial charge is 0.438 e. The van der Waals surface area contributed by atoms with E-state index in [9.17, 15) is 9.59 Å². The maximum Gasteiger partial charge on any atom is 0.438 e. The number of hydrogen-bond donors (Lipinski definition) is 1. The minimum atomic E-state index is -0.858. The third kappa shape index (κ3) is 6.14. The van der Waals surface area contributed by atoms with E-state index in [1.165, 1.54) is 21.5 Å². The van der Waals surface area contributed by atoms with Gasteiger partial charge in [-0.05, 0) is 125 Å². The van der Waals surface area contributed by atoms with Crippen molar-refractivity contribution in [3.8, 4) is 22.6 Å². The molecule has 0 radical (unpaired) electrons. The summed E-state index contributed by atoms with van der Waals surface area (Å²) >= 11 is 0. The number of imidazole rings is 1. The van der Waals surface area contributed by atoms with Crippen molar-refractivity contribution in [1.29, 1.82) is 0 Å². The van der Waals surface area contributed by atoms with E-state index in [1.807, 2.05) is 17.6 Å². The van der Waals surface area contributed by atoms with Gasteiger partial charge < -0.3 is 14.2 Å².